The van der Waals surface area contributed by atoms with E-state index in [1.54, 1.807) is 0 Å². The Morgan fingerprint density at radius 2 is 2.18 bits per heavy atom. The topological polar surface area (TPSA) is 95.1 Å². The van der Waals surface area contributed by atoms with Crippen LogP contribution >= 0.6 is 0 Å². The molecule has 0 spiro atoms. The molecular weight excluding hydrogens is 222 g/mol. The Kier molecular flexibility index (Phi) is 4.25. The van der Waals surface area contributed by atoms with Crippen LogP contribution in [0.5, 0.6) is 0 Å². The number of carbonyl (C=O) groups is 1. The lowest BCUT2D eigenvalue weighted by molar-refractivity contribution is -0.148. The molecule has 0 aliphatic rings. The molecule has 94 valence electrons. The number of hydrogen-bond donors (Lipinski definition) is 3. The minimum absolute atomic E-state index is 0.256. The zero-order chi connectivity index (χ0) is 12.9. The highest BCUT2D eigenvalue weighted by molar-refractivity contribution is 5.75. The predicted octanol–water partition coefficient (Wildman–Crippen LogP) is 1.07. The molecule has 0 aliphatic carbocycles. The van der Waals surface area contributed by atoms with Crippen LogP contribution in [0.1, 0.15) is 26.7 Å². The highest BCUT2D eigenvalue weighted by Crippen LogP contribution is 2.26. The summed E-state index contributed by atoms with van der Waals surface area (Å²) in [6, 6.07) is 1.30. The number of hydrogen-bond acceptors (Lipinski definition) is 4. The Balaban J connectivity index is 2.77. The predicted molar refractivity (Wildman–Crippen MR) is 64.0 cm³/mol. The molecule has 1 heterocycles. The van der Waals surface area contributed by atoms with Gasteiger partial charge in [-0.15, -0.1) is 0 Å². The first-order valence-corrected chi connectivity index (χ1v) is 5.56. The summed E-state index contributed by atoms with van der Waals surface area (Å²) in [5, 5.41) is 12.1. The van der Waals surface area contributed by atoms with E-state index in [0.717, 1.165) is 0 Å². The molecule has 1 rings (SSSR count). The molecule has 17 heavy (non-hydrogen) atoms. The molecule has 6 heteroatoms. The van der Waals surface area contributed by atoms with Crippen LogP contribution in [0.25, 0.3) is 0 Å². The van der Waals surface area contributed by atoms with Crippen LogP contribution in [-0.4, -0.2) is 27.6 Å². The van der Waals surface area contributed by atoms with E-state index < -0.39 is 11.4 Å². The maximum atomic E-state index is 11.2. The van der Waals surface area contributed by atoms with Gasteiger partial charge in [-0.1, -0.05) is 13.8 Å². The van der Waals surface area contributed by atoms with Gasteiger partial charge in [-0.05, 0) is 12.8 Å². The summed E-state index contributed by atoms with van der Waals surface area (Å²) < 4.78 is 0. The highest BCUT2D eigenvalue weighted by Gasteiger charge is 2.34. The third-order valence-electron chi connectivity index (χ3n) is 3.09. The zero-order valence-electron chi connectivity index (χ0n) is 9.99. The Morgan fingerprint density at radius 3 is 2.65 bits per heavy atom. The van der Waals surface area contributed by atoms with Gasteiger partial charge in [0, 0.05) is 12.6 Å². The lowest BCUT2D eigenvalue weighted by Crippen LogP contribution is -2.37. The smallest absolute Gasteiger partial charge is 0.311 e. The van der Waals surface area contributed by atoms with Crippen LogP contribution in [-0.2, 0) is 4.79 Å². The summed E-state index contributed by atoms with van der Waals surface area (Å²) in [4.78, 5) is 28.6. The van der Waals surface area contributed by atoms with Crippen molar-refractivity contribution >= 4 is 11.8 Å². The first-order chi connectivity index (χ1) is 8.04. The fourth-order valence-electron chi connectivity index (χ4n) is 1.60. The van der Waals surface area contributed by atoms with E-state index in [9.17, 15) is 14.7 Å². The van der Waals surface area contributed by atoms with Crippen molar-refractivity contribution in [3.63, 3.8) is 0 Å². The Morgan fingerprint density at radius 1 is 1.53 bits per heavy atom. The number of aliphatic carboxylic acids is 1. The molecule has 0 atom stereocenters. The summed E-state index contributed by atoms with van der Waals surface area (Å²) >= 11 is 0. The minimum Gasteiger partial charge on any atom is -0.481 e. The van der Waals surface area contributed by atoms with Gasteiger partial charge in [0.2, 0.25) is 0 Å². The van der Waals surface area contributed by atoms with Gasteiger partial charge in [-0.25, -0.2) is 4.98 Å². The summed E-state index contributed by atoms with van der Waals surface area (Å²) in [7, 11) is 0. The maximum Gasteiger partial charge on any atom is 0.311 e. The van der Waals surface area contributed by atoms with Crippen LogP contribution in [0.3, 0.4) is 0 Å². The summed E-state index contributed by atoms with van der Waals surface area (Å²) in [6.45, 7) is 3.93. The monoisotopic (exact) mass is 239 g/mol. The van der Waals surface area contributed by atoms with E-state index in [4.69, 9.17) is 0 Å². The minimum atomic E-state index is -0.833. The number of nitrogens with zero attached hydrogens (tertiary/aromatic N) is 1. The molecule has 0 amide bonds. The van der Waals surface area contributed by atoms with Gasteiger partial charge in [0.05, 0.1) is 11.7 Å². The van der Waals surface area contributed by atoms with Crippen molar-refractivity contribution in [2.24, 2.45) is 5.41 Å². The number of H-pyrrole nitrogens is 1. The van der Waals surface area contributed by atoms with Crippen molar-refractivity contribution in [1.29, 1.82) is 0 Å². The van der Waals surface area contributed by atoms with Crippen LogP contribution in [0.2, 0.25) is 0 Å². The molecule has 0 aromatic carbocycles. The number of carboxylic acid groups (broad SMARTS) is 1. The third-order valence-corrected chi connectivity index (χ3v) is 3.09. The number of carboxylic acids is 1. The molecule has 0 aliphatic heterocycles. The van der Waals surface area contributed by atoms with E-state index in [-0.39, 0.29) is 12.1 Å². The average molecular weight is 239 g/mol. The zero-order valence-corrected chi connectivity index (χ0v) is 9.99. The van der Waals surface area contributed by atoms with Gasteiger partial charge >= 0.3 is 5.97 Å². The van der Waals surface area contributed by atoms with E-state index in [1.165, 1.54) is 12.4 Å². The number of aromatic nitrogens is 2. The Hall–Kier alpha value is -1.85. The molecule has 0 fully saturated rings. The first kappa shape index (κ1) is 13.2. The molecule has 0 unspecified atom stereocenters. The molecule has 6 nitrogen and oxygen atoms in total. The van der Waals surface area contributed by atoms with Gasteiger partial charge < -0.3 is 15.4 Å². The van der Waals surface area contributed by atoms with Crippen molar-refractivity contribution in [3.05, 3.63) is 22.7 Å². The second-order valence-corrected chi connectivity index (χ2v) is 3.94. The number of nitrogens with one attached hydrogen (secondary N) is 2. The van der Waals surface area contributed by atoms with Crippen molar-refractivity contribution in [3.8, 4) is 0 Å². The van der Waals surface area contributed by atoms with Crippen molar-refractivity contribution in [2.45, 2.75) is 26.7 Å². The average Bonchev–Trinajstić information content (AvgIpc) is 2.31. The quantitative estimate of drug-likeness (QED) is 0.690. The molecule has 3 N–H and O–H groups in total. The van der Waals surface area contributed by atoms with Gasteiger partial charge in [0.1, 0.15) is 5.82 Å². The molecular formula is C11H17N3O3. The fraction of sp³-hybridized carbons (Fsp3) is 0.545. The van der Waals surface area contributed by atoms with Crippen LogP contribution < -0.4 is 10.9 Å². The summed E-state index contributed by atoms with van der Waals surface area (Å²) in [6.07, 6.45) is 2.33. The maximum absolute atomic E-state index is 11.2. The molecule has 0 saturated carbocycles. The van der Waals surface area contributed by atoms with E-state index >= 15 is 0 Å². The summed E-state index contributed by atoms with van der Waals surface area (Å²) in [5.41, 5.74) is -1.08. The number of rotatable bonds is 6. The van der Waals surface area contributed by atoms with Crippen LogP contribution in [0, 0.1) is 5.41 Å². The van der Waals surface area contributed by atoms with Gasteiger partial charge in [-0.3, -0.25) is 9.59 Å². The number of aromatic amines is 1. The molecule has 1 aromatic rings. The first-order valence-electron chi connectivity index (χ1n) is 5.56. The van der Waals surface area contributed by atoms with E-state index in [2.05, 4.69) is 15.3 Å². The SMILES string of the molecule is CCC(CC)(CNc1cc(=O)[nH]cn1)C(=O)O. The molecule has 0 saturated heterocycles. The second-order valence-electron chi connectivity index (χ2n) is 3.94. The van der Waals surface area contributed by atoms with Gasteiger partial charge in [0.15, 0.2) is 0 Å². The van der Waals surface area contributed by atoms with E-state index in [0.29, 0.717) is 18.7 Å². The van der Waals surface area contributed by atoms with Gasteiger partial charge in [0.25, 0.3) is 5.56 Å². The van der Waals surface area contributed by atoms with Crippen LogP contribution in [0.15, 0.2) is 17.2 Å². The lowest BCUT2D eigenvalue weighted by Gasteiger charge is -2.26. The lowest BCUT2D eigenvalue weighted by atomic mass is 9.82. The largest absolute Gasteiger partial charge is 0.481 e. The van der Waals surface area contributed by atoms with Crippen molar-refractivity contribution in [1.82, 2.24) is 9.97 Å². The number of anilines is 1. The third kappa shape index (κ3) is 3.05. The van der Waals surface area contributed by atoms with Crippen molar-refractivity contribution in [2.75, 3.05) is 11.9 Å². The Labute approximate surface area is 99.1 Å². The fourth-order valence-corrected chi connectivity index (χ4v) is 1.60. The van der Waals surface area contributed by atoms with Gasteiger partial charge in [-0.2, -0.15) is 0 Å². The van der Waals surface area contributed by atoms with E-state index in [1.807, 2.05) is 13.8 Å². The summed E-state index contributed by atoms with van der Waals surface area (Å²) in [5.74, 6) is -0.443. The molecule has 0 radical (unpaired) electrons. The Bertz CT molecular complexity index is 438. The molecule has 0 bridgehead atoms. The molecule has 1 aromatic heterocycles. The second kappa shape index (κ2) is 5.47. The van der Waals surface area contributed by atoms with Crippen LogP contribution in [0.4, 0.5) is 5.82 Å². The standard InChI is InChI=1S/C11H17N3O3/c1-3-11(4-2,10(16)17)6-12-8-5-9(15)14-7-13-8/h5,7H,3-4,6H2,1-2H3,(H,16,17)(H2,12,13,14,15). The normalized spacial score (nSPS) is 11.2. The highest BCUT2D eigenvalue weighted by atomic mass is 16.4. The van der Waals surface area contributed by atoms with Crippen molar-refractivity contribution < 1.29 is 9.90 Å².